The van der Waals surface area contributed by atoms with Crippen LogP contribution in [-0.2, 0) is 4.79 Å². The molecular weight excluding hydrogens is 294 g/mol. The third kappa shape index (κ3) is 2.63. The highest BCUT2D eigenvalue weighted by Crippen LogP contribution is 2.29. The maximum atomic E-state index is 12.5. The highest BCUT2D eigenvalue weighted by Gasteiger charge is 2.32. The summed E-state index contributed by atoms with van der Waals surface area (Å²) in [6.45, 7) is 6.20. The molecule has 0 radical (unpaired) electrons. The van der Waals surface area contributed by atoms with Crippen molar-refractivity contribution in [2.75, 3.05) is 11.4 Å². The smallest absolute Gasteiger partial charge is 0.279 e. The van der Waals surface area contributed by atoms with Crippen LogP contribution in [0.2, 0.25) is 0 Å². The largest absolute Gasteiger partial charge is 0.302 e. The van der Waals surface area contributed by atoms with Gasteiger partial charge in [-0.1, -0.05) is 24.3 Å². The van der Waals surface area contributed by atoms with E-state index in [1.807, 2.05) is 43.3 Å². The molecule has 5 heteroatoms. The number of hydrogen-bond acceptors (Lipinski definition) is 4. The normalized spacial score (nSPS) is 15.8. The lowest BCUT2D eigenvalue weighted by Gasteiger charge is -2.13. The summed E-state index contributed by atoms with van der Waals surface area (Å²) in [5.74, 6) is -0.138. The molecule has 0 atom stereocenters. The minimum Gasteiger partial charge on any atom is -0.302 e. The average molecular weight is 309 g/mol. The van der Waals surface area contributed by atoms with Crippen molar-refractivity contribution in [2.45, 2.75) is 6.92 Å². The van der Waals surface area contributed by atoms with Gasteiger partial charge in [-0.05, 0) is 25.1 Å². The number of nitrogens with zero attached hydrogens (tertiary/aromatic N) is 3. The van der Waals surface area contributed by atoms with Crippen molar-refractivity contribution in [1.29, 1.82) is 0 Å². The Labute approximate surface area is 133 Å². The van der Waals surface area contributed by atoms with E-state index in [9.17, 15) is 4.79 Å². The standard InChI is InChI=1S/C17H15N3OS/c1-3-10-20-15-7-5-4-6-14(15)16(17(20)21)19-18-11-13-9-8-12(2)22-13/h3-9,11H,1,10H2,2H3/b18-11+,19-16-. The number of hydrogen-bond donors (Lipinski definition) is 0. The van der Waals surface area contributed by atoms with E-state index in [1.165, 1.54) is 4.88 Å². The van der Waals surface area contributed by atoms with E-state index in [0.29, 0.717) is 12.3 Å². The number of carbonyl (C=O) groups excluding carboxylic acids is 1. The second kappa shape index (κ2) is 6.07. The lowest BCUT2D eigenvalue weighted by atomic mass is 10.1. The van der Waals surface area contributed by atoms with Gasteiger partial charge in [0, 0.05) is 21.9 Å². The predicted molar refractivity (Wildman–Crippen MR) is 92.2 cm³/mol. The molecule has 1 aromatic heterocycles. The molecule has 3 rings (SSSR count). The van der Waals surface area contributed by atoms with Crippen LogP contribution in [0.4, 0.5) is 5.69 Å². The van der Waals surface area contributed by atoms with Gasteiger partial charge in [0.05, 0.1) is 11.9 Å². The van der Waals surface area contributed by atoms with Crippen molar-refractivity contribution in [3.8, 4) is 0 Å². The topological polar surface area (TPSA) is 45.0 Å². The molecule has 22 heavy (non-hydrogen) atoms. The number of carbonyl (C=O) groups is 1. The first-order chi connectivity index (χ1) is 10.7. The summed E-state index contributed by atoms with van der Waals surface area (Å²) in [4.78, 5) is 16.4. The van der Waals surface area contributed by atoms with Crippen LogP contribution in [0.5, 0.6) is 0 Å². The van der Waals surface area contributed by atoms with Crippen LogP contribution >= 0.6 is 11.3 Å². The summed E-state index contributed by atoms with van der Waals surface area (Å²) in [5.41, 5.74) is 2.05. The second-order valence-corrected chi connectivity index (χ2v) is 6.18. The molecule has 0 saturated carbocycles. The fraction of sp³-hybridized carbons (Fsp3) is 0.118. The van der Waals surface area contributed by atoms with Gasteiger partial charge in [-0.25, -0.2) is 0 Å². The van der Waals surface area contributed by atoms with Crippen LogP contribution < -0.4 is 4.90 Å². The van der Waals surface area contributed by atoms with Crippen LogP contribution in [0.25, 0.3) is 0 Å². The number of anilines is 1. The average Bonchev–Trinajstić information content (AvgIpc) is 3.04. The molecule has 0 N–H and O–H groups in total. The third-order valence-electron chi connectivity index (χ3n) is 3.31. The van der Waals surface area contributed by atoms with Gasteiger partial charge < -0.3 is 4.90 Å². The summed E-state index contributed by atoms with van der Waals surface area (Å²) in [6, 6.07) is 11.6. The number of amides is 1. The Morgan fingerprint density at radius 2 is 2.09 bits per heavy atom. The second-order valence-electron chi connectivity index (χ2n) is 4.86. The summed E-state index contributed by atoms with van der Waals surface area (Å²) < 4.78 is 0. The number of rotatable bonds is 4. The molecule has 2 heterocycles. The van der Waals surface area contributed by atoms with E-state index in [4.69, 9.17) is 0 Å². The minimum atomic E-state index is -0.138. The Balaban J connectivity index is 1.93. The van der Waals surface area contributed by atoms with Crippen molar-refractivity contribution in [3.63, 3.8) is 0 Å². The Morgan fingerprint density at radius 3 is 2.82 bits per heavy atom. The first kappa shape index (κ1) is 14.4. The Hall–Kier alpha value is -2.53. The fourth-order valence-electron chi connectivity index (χ4n) is 2.34. The van der Waals surface area contributed by atoms with Crippen LogP contribution in [-0.4, -0.2) is 24.4 Å². The number of thiophene rings is 1. The van der Waals surface area contributed by atoms with Crippen LogP contribution in [0.15, 0.2) is 59.3 Å². The number of fused-ring (bicyclic) bond motifs is 1. The molecule has 0 fully saturated rings. The molecule has 0 bridgehead atoms. The lowest BCUT2D eigenvalue weighted by molar-refractivity contribution is -0.112. The SMILES string of the molecule is C=CCN1C(=O)/C(=N\N=C\c2ccc(C)s2)c2ccccc21. The molecular formula is C17H15N3OS. The Morgan fingerprint density at radius 1 is 1.27 bits per heavy atom. The van der Waals surface area contributed by atoms with Gasteiger partial charge in [0.2, 0.25) is 0 Å². The van der Waals surface area contributed by atoms with E-state index < -0.39 is 0 Å². The molecule has 4 nitrogen and oxygen atoms in total. The highest BCUT2D eigenvalue weighted by atomic mass is 32.1. The van der Waals surface area contributed by atoms with E-state index in [-0.39, 0.29) is 5.91 Å². The molecule has 1 aliphatic heterocycles. The Kier molecular flexibility index (Phi) is 3.98. The number of aryl methyl sites for hydroxylation is 1. The maximum absolute atomic E-state index is 12.5. The first-order valence-corrected chi connectivity index (χ1v) is 7.72. The zero-order chi connectivity index (χ0) is 15.5. The van der Waals surface area contributed by atoms with E-state index in [1.54, 1.807) is 28.5 Å². The van der Waals surface area contributed by atoms with Gasteiger partial charge in [0.15, 0.2) is 5.71 Å². The third-order valence-corrected chi connectivity index (χ3v) is 4.25. The van der Waals surface area contributed by atoms with E-state index in [0.717, 1.165) is 16.1 Å². The van der Waals surface area contributed by atoms with Crippen molar-refractivity contribution < 1.29 is 4.79 Å². The molecule has 0 aliphatic carbocycles. The first-order valence-electron chi connectivity index (χ1n) is 6.90. The lowest BCUT2D eigenvalue weighted by Crippen LogP contribution is -2.30. The van der Waals surface area contributed by atoms with Gasteiger partial charge in [0.1, 0.15) is 0 Å². The quantitative estimate of drug-likeness (QED) is 0.485. The highest BCUT2D eigenvalue weighted by molar-refractivity contribution is 7.13. The summed E-state index contributed by atoms with van der Waals surface area (Å²) >= 11 is 1.64. The number of benzene rings is 1. The fourth-order valence-corrected chi connectivity index (χ4v) is 3.08. The Bertz CT molecular complexity index is 789. The van der Waals surface area contributed by atoms with Gasteiger partial charge >= 0.3 is 0 Å². The van der Waals surface area contributed by atoms with E-state index >= 15 is 0 Å². The summed E-state index contributed by atoms with van der Waals surface area (Å²) in [7, 11) is 0. The molecule has 1 aliphatic rings. The molecule has 1 aromatic carbocycles. The van der Waals surface area contributed by atoms with E-state index in [2.05, 4.69) is 16.8 Å². The van der Waals surface area contributed by atoms with Crippen LogP contribution in [0.3, 0.4) is 0 Å². The summed E-state index contributed by atoms with van der Waals surface area (Å²) in [5, 5.41) is 8.23. The van der Waals surface area contributed by atoms with Gasteiger partial charge in [-0.3, -0.25) is 4.79 Å². The maximum Gasteiger partial charge on any atom is 0.279 e. The van der Waals surface area contributed by atoms with Crippen LogP contribution in [0.1, 0.15) is 15.3 Å². The van der Waals surface area contributed by atoms with Crippen molar-refractivity contribution in [3.05, 3.63) is 64.4 Å². The molecule has 110 valence electrons. The number of para-hydroxylation sites is 1. The monoisotopic (exact) mass is 309 g/mol. The zero-order valence-corrected chi connectivity index (χ0v) is 13.0. The van der Waals surface area contributed by atoms with Gasteiger partial charge in [-0.2, -0.15) is 5.10 Å². The molecule has 0 spiro atoms. The summed E-state index contributed by atoms with van der Waals surface area (Å²) in [6.07, 6.45) is 3.38. The van der Waals surface area contributed by atoms with Gasteiger partial charge in [0.25, 0.3) is 5.91 Å². The van der Waals surface area contributed by atoms with Crippen molar-refractivity contribution >= 4 is 34.9 Å². The molecule has 0 unspecified atom stereocenters. The van der Waals surface area contributed by atoms with Crippen molar-refractivity contribution in [1.82, 2.24) is 0 Å². The minimum absolute atomic E-state index is 0.138. The molecule has 1 amide bonds. The van der Waals surface area contributed by atoms with Crippen molar-refractivity contribution in [2.24, 2.45) is 10.2 Å². The van der Waals surface area contributed by atoms with Gasteiger partial charge in [-0.15, -0.1) is 23.0 Å². The molecule has 0 saturated heterocycles. The molecule has 2 aromatic rings. The zero-order valence-electron chi connectivity index (χ0n) is 12.2. The predicted octanol–water partition coefficient (Wildman–Crippen LogP) is 3.41. The van der Waals surface area contributed by atoms with Crippen LogP contribution in [0, 0.1) is 6.92 Å².